The van der Waals surface area contributed by atoms with Crippen LogP contribution >= 0.6 is 11.3 Å². The van der Waals surface area contributed by atoms with Gasteiger partial charge >= 0.3 is 0 Å². The van der Waals surface area contributed by atoms with Gasteiger partial charge in [0.2, 0.25) is 0 Å². The monoisotopic (exact) mass is 463 g/mol. The van der Waals surface area contributed by atoms with Gasteiger partial charge in [-0.2, -0.15) is 5.10 Å². The lowest BCUT2D eigenvalue weighted by Crippen LogP contribution is -2.29. The Hall–Kier alpha value is -3.23. The van der Waals surface area contributed by atoms with E-state index in [0.29, 0.717) is 18.8 Å². The molecule has 0 bridgehead atoms. The molecular weight excluding hydrogens is 434 g/mol. The first-order valence-electron chi connectivity index (χ1n) is 10.8. The van der Waals surface area contributed by atoms with Gasteiger partial charge in [-0.3, -0.25) is 9.48 Å². The summed E-state index contributed by atoms with van der Waals surface area (Å²) >= 11 is 1.67. The number of aromatic nitrogens is 3. The number of aryl methyl sites for hydroxylation is 2. The molecule has 2 aromatic heterocycles. The van der Waals surface area contributed by atoms with E-state index in [4.69, 9.17) is 9.72 Å². The lowest BCUT2D eigenvalue weighted by Gasteiger charge is -2.16. The van der Waals surface area contributed by atoms with Gasteiger partial charge in [0.05, 0.1) is 15.9 Å². The molecule has 8 heteroatoms. The van der Waals surface area contributed by atoms with Crippen LogP contribution in [-0.2, 0) is 24.9 Å². The molecular formula is C25H29N5O2S. The minimum absolute atomic E-state index is 0.0424. The third kappa shape index (κ3) is 5.23. The predicted octanol–water partition coefficient (Wildman–Crippen LogP) is 4.07. The summed E-state index contributed by atoms with van der Waals surface area (Å²) in [4.78, 5) is 19.3. The molecule has 0 aliphatic heterocycles. The fourth-order valence-corrected chi connectivity index (χ4v) is 4.73. The van der Waals surface area contributed by atoms with E-state index in [1.165, 1.54) is 0 Å². The summed E-state index contributed by atoms with van der Waals surface area (Å²) in [6.07, 6.45) is 0. The highest BCUT2D eigenvalue weighted by atomic mass is 32.1. The Kier molecular flexibility index (Phi) is 6.76. The van der Waals surface area contributed by atoms with E-state index in [0.717, 1.165) is 43.3 Å². The number of hydrogen-bond donors (Lipinski definition) is 1. The van der Waals surface area contributed by atoms with Gasteiger partial charge < -0.3 is 15.0 Å². The van der Waals surface area contributed by atoms with Crippen molar-refractivity contribution in [3.63, 3.8) is 0 Å². The third-order valence-electron chi connectivity index (χ3n) is 5.57. The molecule has 4 rings (SSSR count). The standard InChI is InChI=1S/C25H29N5O2S/c1-16-20(17(2)30(5)28-16)13-26-24(31)15-32-22-11-10-18(12-19(22)14-29(3)4)25-27-21-8-6-7-9-23(21)33-25/h6-12H,13-15H2,1-5H3,(H,26,31). The summed E-state index contributed by atoms with van der Waals surface area (Å²) < 4.78 is 8.92. The lowest BCUT2D eigenvalue weighted by molar-refractivity contribution is -0.123. The van der Waals surface area contributed by atoms with Crippen LogP contribution in [0.25, 0.3) is 20.8 Å². The second-order valence-corrected chi connectivity index (χ2v) is 9.42. The van der Waals surface area contributed by atoms with Crippen LogP contribution in [0.3, 0.4) is 0 Å². The smallest absolute Gasteiger partial charge is 0.258 e. The molecule has 7 nitrogen and oxygen atoms in total. The first-order chi connectivity index (χ1) is 15.8. The van der Waals surface area contributed by atoms with E-state index in [9.17, 15) is 4.79 Å². The van der Waals surface area contributed by atoms with E-state index in [2.05, 4.69) is 27.4 Å². The van der Waals surface area contributed by atoms with Crippen LogP contribution in [0.5, 0.6) is 5.75 Å². The Morgan fingerprint density at radius 1 is 1.18 bits per heavy atom. The number of ether oxygens (including phenoxy) is 1. The van der Waals surface area contributed by atoms with Gasteiger partial charge in [0, 0.05) is 42.5 Å². The van der Waals surface area contributed by atoms with Crippen LogP contribution < -0.4 is 10.1 Å². The molecule has 4 aromatic rings. The minimum Gasteiger partial charge on any atom is -0.483 e. The van der Waals surface area contributed by atoms with E-state index in [1.807, 2.05) is 70.0 Å². The quantitative estimate of drug-likeness (QED) is 0.426. The third-order valence-corrected chi connectivity index (χ3v) is 6.65. The molecule has 1 amide bonds. The number of thiazole rings is 1. The van der Waals surface area contributed by atoms with Gasteiger partial charge in [-0.15, -0.1) is 11.3 Å². The summed E-state index contributed by atoms with van der Waals surface area (Å²) in [7, 11) is 5.93. The summed E-state index contributed by atoms with van der Waals surface area (Å²) in [6.45, 7) is 5.04. The molecule has 0 saturated heterocycles. The molecule has 0 fully saturated rings. The topological polar surface area (TPSA) is 72.3 Å². The maximum absolute atomic E-state index is 12.5. The van der Waals surface area contributed by atoms with Crippen LogP contribution in [0.1, 0.15) is 22.5 Å². The van der Waals surface area contributed by atoms with Crippen LogP contribution in [-0.4, -0.2) is 46.3 Å². The largest absolute Gasteiger partial charge is 0.483 e. The van der Waals surface area contributed by atoms with Crippen LogP contribution in [0.15, 0.2) is 42.5 Å². The van der Waals surface area contributed by atoms with Crippen LogP contribution in [0, 0.1) is 13.8 Å². The van der Waals surface area contributed by atoms with Gasteiger partial charge in [-0.1, -0.05) is 12.1 Å². The van der Waals surface area contributed by atoms with Crippen molar-refractivity contribution in [2.75, 3.05) is 20.7 Å². The zero-order chi connectivity index (χ0) is 23.5. The fourth-order valence-electron chi connectivity index (χ4n) is 3.77. The van der Waals surface area contributed by atoms with Crippen molar-refractivity contribution in [3.8, 4) is 16.3 Å². The molecule has 1 N–H and O–H groups in total. The van der Waals surface area contributed by atoms with Gasteiger partial charge in [-0.25, -0.2) is 4.98 Å². The maximum atomic E-state index is 12.5. The number of carbonyl (C=O) groups excluding carboxylic acids is 1. The van der Waals surface area contributed by atoms with Crippen LogP contribution in [0.2, 0.25) is 0 Å². The number of nitrogens with one attached hydrogen (secondary N) is 1. The van der Waals surface area contributed by atoms with Crippen molar-refractivity contribution in [1.29, 1.82) is 0 Å². The number of benzene rings is 2. The van der Waals surface area contributed by atoms with Crippen molar-refractivity contribution in [3.05, 3.63) is 65.0 Å². The van der Waals surface area contributed by atoms with Crippen molar-refractivity contribution >= 4 is 27.5 Å². The number of rotatable bonds is 8. The number of para-hydroxylation sites is 1. The Bertz CT molecular complexity index is 1260. The van der Waals surface area contributed by atoms with Crippen molar-refractivity contribution in [2.45, 2.75) is 26.9 Å². The molecule has 0 saturated carbocycles. The van der Waals surface area contributed by atoms with E-state index in [1.54, 1.807) is 11.3 Å². The molecule has 2 aromatic carbocycles. The van der Waals surface area contributed by atoms with Gasteiger partial charge in [0.25, 0.3) is 5.91 Å². The average molecular weight is 464 g/mol. The number of hydrogen-bond acceptors (Lipinski definition) is 6. The SMILES string of the molecule is Cc1nn(C)c(C)c1CNC(=O)COc1ccc(-c2nc3ccccc3s2)cc1CN(C)C. The Morgan fingerprint density at radius 3 is 2.67 bits per heavy atom. The first kappa shape index (κ1) is 22.9. The molecule has 0 radical (unpaired) electrons. The Balaban J connectivity index is 1.46. The number of nitrogens with zero attached hydrogens (tertiary/aromatic N) is 4. The normalized spacial score (nSPS) is 11.3. The van der Waals surface area contributed by atoms with Crippen molar-refractivity contribution in [2.24, 2.45) is 7.05 Å². The van der Waals surface area contributed by atoms with Crippen molar-refractivity contribution in [1.82, 2.24) is 25.0 Å². The molecule has 172 valence electrons. The highest BCUT2D eigenvalue weighted by molar-refractivity contribution is 7.21. The zero-order valence-corrected chi connectivity index (χ0v) is 20.5. The van der Waals surface area contributed by atoms with E-state index < -0.39 is 0 Å². The average Bonchev–Trinajstić information content (AvgIpc) is 3.31. The summed E-state index contributed by atoms with van der Waals surface area (Å²) in [6, 6.07) is 14.2. The predicted molar refractivity (Wildman–Crippen MR) is 132 cm³/mol. The molecule has 0 unspecified atom stereocenters. The van der Waals surface area contributed by atoms with E-state index in [-0.39, 0.29) is 12.5 Å². The molecule has 0 aliphatic carbocycles. The molecule has 0 atom stereocenters. The second-order valence-electron chi connectivity index (χ2n) is 8.39. The second kappa shape index (κ2) is 9.72. The zero-order valence-electron chi connectivity index (χ0n) is 19.7. The number of carbonyl (C=O) groups is 1. The molecule has 33 heavy (non-hydrogen) atoms. The van der Waals surface area contributed by atoms with Gasteiger partial charge in [0.15, 0.2) is 6.61 Å². The first-order valence-corrected chi connectivity index (χ1v) is 11.7. The fraction of sp³-hybridized carbons (Fsp3) is 0.320. The Labute approximate surface area is 198 Å². The molecule has 0 spiro atoms. The number of fused-ring (bicyclic) bond motifs is 1. The maximum Gasteiger partial charge on any atom is 0.258 e. The molecule has 0 aliphatic rings. The Morgan fingerprint density at radius 2 is 1.97 bits per heavy atom. The lowest BCUT2D eigenvalue weighted by atomic mass is 10.1. The highest BCUT2D eigenvalue weighted by Crippen LogP contribution is 2.33. The minimum atomic E-state index is -0.163. The highest BCUT2D eigenvalue weighted by Gasteiger charge is 2.14. The van der Waals surface area contributed by atoms with E-state index >= 15 is 0 Å². The summed E-state index contributed by atoms with van der Waals surface area (Å²) in [5.74, 6) is 0.543. The van der Waals surface area contributed by atoms with Gasteiger partial charge in [-0.05, 0) is 58.3 Å². The van der Waals surface area contributed by atoms with Gasteiger partial charge in [0.1, 0.15) is 10.8 Å². The summed E-state index contributed by atoms with van der Waals surface area (Å²) in [5.41, 5.74) is 6.08. The van der Waals surface area contributed by atoms with Crippen LogP contribution in [0.4, 0.5) is 0 Å². The summed E-state index contributed by atoms with van der Waals surface area (Å²) in [5, 5.41) is 8.31. The number of amides is 1. The molecule has 2 heterocycles. The van der Waals surface area contributed by atoms with Crippen molar-refractivity contribution < 1.29 is 9.53 Å².